The molecule has 17 heavy (non-hydrogen) atoms. The number of rotatable bonds is 6. The van der Waals surface area contributed by atoms with Crippen LogP contribution in [0, 0.1) is 0 Å². The van der Waals surface area contributed by atoms with Crippen molar-refractivity contribution in [1.29, 1.82) is 0 Å². The van der Waals surface area contributed by atoms with E-state index in [2.05, 4.69) is 15.4 Å². The summed E-state index contributed by atoms with van der Waals surface area (Å²) in [5.41, 5.74) is 0. The highest BCUT2D eigenvalue weighted by Crippen LogP contribution is 1.81. The van der Waals surface area contributed by atoms with Crippen molar-refractivity contribution in [2.24, 2.45) is 0 Å². The Kier molecular flexibility index (Phi) is 7.49. The lowest BCUT2D eigenvalue weighted by Crippen LogP contribution is -2.44. The van der Waals surface area contributed by atoms with Gasteiger partial charge in [-0.2, -0.15) is 0 Å². The Balaban J connectivity index is 3.73. The van der Waals surface area contributed by atoms with Gasteiger partial charge in [-0.1, -0.05) is 0 Å². The summed E-state index contributed by atoms with van der Waals surface area (Å²) in [5.74, 6) is -0.710. The summed E-state index contributed by atoms with van der Waals surface area (Å²) in [5, 5.41) is 4.63. The van der Waals surface area contributed by atoms with Crippen LogP contribution in [0.15, 0.2) is 0 Å². The first-order valence-corrected chi connectivity index (χ1v) is 5.42. The highest BCUT2D eigenvalue weighted by atomic mass is 16.5. The lowest BCUT2D eigenvalue weighted by molar-refractivity contribution is -0.141. The van der Waals surface area contributed by atoms with Crippen molar-refractivity contribution in [2.45, 2.75) is 13.8 Å². The molecule has 0 aliphatic rings. The maximum atomic E-state index is 11.3. The van der Waals surface area contributed by atoms with E-state index in [1.807, 2.05) is 6.92 Å². The smallest absolute Gasteiger partial charge is 0.325 e. The van der Waals surface area contributed by atoms with Gasteiger partial charge in [-0.25, -0.2) is 4.79 Å². The molecular weight excluding hydrogens is 226 g/mol. The lowest BCUT2D eigenvalue weighted by Gasteiger charge is -2.14. The molecule has 0 rings (SSSR count). The normalized spacial score (nSPS) is 9.35. The average Bonchev–Trinajstić information content (AvgIpc) is 2.32. The zero-order valence-electron chi connectivity index (χ0n) is 10.4. The Morgan fingerprint density at radius 1 is 1.12 bits per heavy atom. The van der Waals surface area contributed by atoms with Crippen LogP contribution in [-0.2, 0) is 14.3 Å². The van der Waals surface area contributed by atoms with Crippen molar-refractivity contribution in [3.05, 3.63) is 0 Å². The van der Waals surface area contributed by atoms with Gasteiger partial charge in [0.2, 0.25) is 5.91 Å². The van der Waals surface area contributed by atoms with E-state index in [1.165, 1.54) is 4.90 Å². The van der Waals surface area contributed by atoms with E-state index in [1.54, 1.807) is 14.0 Å². The van der Waals surface area contributed by atoms with Crippen LogP contribution in [0.4, 0.5) is 4.79 Å². The predicted octanol–water partition coefficient (Wildman–Crippen LogP) is -0.673. The number of hydrogen-bond donors (Lipinski definition) is 2. The zero-order chi connectivity index (χ0) is 13.3. The van der Waals surface area contributed by atoms with Gasteiger partial charge in [0.15, 0.2) is 0 Å². The standard InChI is InChI=1S/C10H19N3O4/c1-4-13(3)8(14)6-11-10(16)12-7-9(15)17-5-2/h4-7H2,1-3H3,(H2,11,12,16). The van der Waals surface area contributed by atoms with Gasteiger partial charge >= 0.3 is 12.0 Å². The zero-order valence-corrected chi connectivity index (χ0v) is 10.4. The molecule has 0 aromatic carbocycles. The number of nitrogens with one attached hydrogen (secondary N) is 2. The summed E-state index contributed by atoms with van der Waals surface area (Å²) in [4.78, 5) is 34.9. The van der Waals surface area contributed by atoms with Crippen molar-refractivity contribution < 1.29 is 19.1 Å². The SMILES string of the molecule is CCOC(=O)CNC(=O)NCC(=O)N(C)CC. The second-order valence-corrected chi connectivity index (χ2v) is 3.25. The van der Waals surface area contributed by atoms with Gasteiger partial charge < -0.3 is 20.3 Å². The topological polar surface area (TPSA) is 87.7 Å². The Morgan fingerprint density at radius 3 is 2.24 bits per heavy atom. The molecule has 0 radical (unpaired) electrons. The maximum absolute atomic E-state index is 11.3. The van der Waals surface area contributed by atoms with E-state index in [0.717, 1.165) is 0 Å². The Labute approximate surface area is 100 Å². The minimum atomic E-state index is -0.573. The minimum Gasteiger partial charge on any atom is -0.465 e. The van der Waals surface area contributed by atoms with E-state index in [4.69, 9.17) is 0 Å². The molecule has 0 aliphatic carbocycles. The monoisotopic (exact) mass is 245 g/mol. The second kappa shape index (κ2) is 8.37. The largest absolute Gasteiger partial charge is 0.465 e. The summed E-state index contributed by atoms with van der Waals surface area (Å²) in [7, 11) is 1.64. The molecule has 98 valence electrons. The third-order valence-corrected chi connectivity index (χ3v) is 2.00. The first kappa shape index (κ1) is 15.2. The van der Waals surface area contributed by atoms with E-state index >= 15 is 0 Å². The number of esters is 1. The molecule has 0 heterocycles. The maximum Gasteiger partial charge on any atom is 0.325 e. The van der Waals surface area contributed by atoms with E-state index in [9.17, 15) is 14.4 Å². The third kappa shape index (κ3) is 7.15. The fraction of sp³-hybridized carbons (Fsp3) is 0.700. The van der Waals surface area contributed by atoms with Crippen molar-refractivity contribution in [3.8, 4) is 0 Å². The number of hydrogen-bond acceptors (Lipinski definition) is 4. The number of likely N-dealkylation sites (N-methyl/N-ethyl adjacent to an activating group) is 1. The van der Waals surface area contributed by atoms with Gasteiger partial charge in [-0.15, -0.1) is 0 Å². The molecule has 2 N–H and O–H groups in total. The first-order chi connectivity index (χ1) is 8.01. The molecule has 0 bridgehead atoms. The lowest BCUT2D eigenvalue weighted by atomic mass is 10.5. The Morgan fingerprint density at radius 2 is 1.71 bits per heavy atom. The summed E-state index contributed by atoms with van der Waals surface area (Å²) < 4.78 is 4.62. The number of urea groups is 1. The van der Waals surface area contributed by atoms with Crippen LogP contribution in [0.5, 0.6) is 0 Å². The number of nitrogens with zero attached hydrogens (tertiary/aromatic N) is 1. The molecule has 3 amide bonds. The second-order valence-electron chi connectivity index (χ2n) is 3.25. The Bertz CT molecular complexity index is 281. The van der Waals surface area contributed by atoms with Crippen LogP contribution in [0.25, 0.3) is 0 Å². The molecule has 7 nitrogen and oxygen atoms in total. The summed E-state index contributed by atoms with van der Waals surface area (Å²) in [6.45, 7) is 4.04. The van der Waals surface area contributed by atoms with E-state index < -0.39 is 12.0 Å². The van der Waals surface area contributed by atoms with Crippen molar-refractivity contribution >= 4 is 17.9 Å². The van der Waals surface area contributed by atoms with Crippen molar-refractivity contribution in [2.75, 3.05) is 33.3 Å². The molecule has 0 aromatic heterocycles. The van der Waals surface area contributed by atoms with Gasteiger partial charge in [-0.3, -0.25) is 9.59 Å². The molecule has 0 unspecified atom stereocenters. The molecule has 0 atom stereocenters. The van der Waals surface area contributed by atoms with Crippen molar-refractivity contribution in [3.63, 3.8) is 0 Å². The van der Waals surface area contributed by atoms with Gasteiger partial charge in [0, 0.05) is 13.6 Å². The fourth-order valence-corrected chi connectivity index (χ4v) is 0.894. The van der Waals surface area contributed by atoms with Crippen LogP contribution >= 0.6 is 0 Å². The van der Waals surface area contributed by atoms with E-state index in [-0.39, 0.29) is 25.6 Å². The molecule has 0 aromatic rings. The third-order valence-electron chi connectivity index (χ3n) is 2.00. The van der Waals surface area contributed by atoms with Gasteiger partial charge in [-0.05, 0) is 13.8 Å². The molecule has 0 fully saturated rings. The summed E-state index contributed by atoms with van der Waals surface area (Å²) in [6, 6.07) is -0.573. The number of carbonyl (C=O) groups is 3. The quantitative estimate of drug-likeness (QED) is 0.607. The highest BCUT2D eigenvalue weighted by Gasteiger charge is 2.09. The predicted molar refractivity (Wildman–Crippen MR) is 61.3 cm³/mol. The van der Waals surface area contributed by atoms with E-state index in [0.29, 0.717) is 6.54 Å². The van der Waals surface area contributed by atoms with Gasteiger partial charge in [0.25, 0.3) is 0 Å². The van der Waals surface area contributed by atoms with Crippen LogP contribution < -0.4 is 10.6 Å². The summed E-state index contributed by atoms with van der Waals surface area (Å²) >= 11 is 0. The molecular formula is C10H19N3O4. The molecule has 0 spiro atoms. The van der Waals surface area contributed by atoms with Crippen LogP contribution in [0.2, 0.25) is 0 Å². The first-order valence-electron chi connectivity index (χ1n) is 5.42. The van der Waals surface area contributed by atoms with Gasteiger partial charge in [0.1, 0.15) is 6.54 Å². The van der Waals surface area contributed by atoms with Crippen molar-refractivity contribution in [1.82, 2.24) is 15.5 Å². The molecule has 7 heteroatoms. The number of carbonyl (C=O) groups excluding carboxylic acids is 3. The van der Waals surface area contributed by atoms with Crippen LogP contribution in [0.3, 0.4) is 0 Å². The minimum absolute atomic E-state index is 0.0982. The molecule has 0 saturated heterocycles. The average molecular weight is 245 g/mol. The van der Waals surface area contributed by atoms with Gasteiger partial charge in [0.05, 0.1) is 13.2 Å². The highest BCUT2D eigenvalue weighted by molar-refractivity contribution is 5.85. The summed E-state index contributed by atoms with van der Waals surface area (Å²) in [6.07, 6.45) is 0. The molecule has 0 aliphatic heterocycles. The number of amides is 3. The Hall–Kier alpha value is -1.79. The fourth-order valence-electron chi connectivity index (χ4n) is 0.894. The molecule has 0 saturated carbocycles. The van der Waals surface area contributed by atoms with Crippen LogP contribution in [-0.4, -0.2) is 56.1 Å². The van der Waals surface area contributed by atoms with Crippen LogP contribution in [0.1, 0.15) is 13.8 Å². The number of ether oxygens (including phenoxy) is 1.